The Morgan fingerprint density at radius 3 is 2.29 bits per heavy atom. The first-order chi connectivity index (χ1) is 14.8. The van der Waals surface area contributed by atoms with Crippen molar-refractivity contribution in [1.82, 2.24) is 14.6 Å². The first-order valence-electron chi connectivity index (χ1n) is 10.6. The van der Waals surface area contributed by atoms with Gasteiger partial charge >= 0.3 is 0 Å². The third-order valence-electron chi connectivity index (χ3n) is 5.50. The normalized spacial score (nSPS) is 12.5. The lowest BCUT2D eigenvalue weighted by Gasteiger charge is -2.16. The summed E-state index contributed by atoms with van der Waals surface area (Å²) in [6, 6.07) is 12.5. The van der Waals surface area contributed by atoms with E-state index in [2.05, 4.69) is 65.0 Å². The summed E-state index contributed by atoms with van der Waals surface area (Å²) in [5.41, 5.74) is 8.60. The fourth-order valence-corrected chi connectivity index (χ4v) is 5.17. The molecule has 2 aromatic heterocycles. The molecule has 0 spiro atoms. The maximum absolute atomic E-state index is 13.1. The van der Waals surface area contributed by atoms with Crippen LogP contribution in [0.5, 0.6) is 0 Å². The second-order valence-electron chi connectivity index (χ2n) is 8.36. The third kappa shape index (κ3) is 4.17. The number of aryl methyl sites for hydroxylation is 5. The van der Waals surface area contributed by atoms with Crippen LogP contribution in [-0.4, -0.2) is 25.8 Å². The first kappa shape index (κ1) is 21.4. The molecule has 1 amide bonds. The van der Waals surface area contributed by atoms with Crippen molar-refractivity contribution in [2.24, 2.45) is 0 Å². The quantitative estimate of drug-likeness (QED) is 0.397. The number of nitrogens with zero attached hydrogens (tertiary/aromatic N) is 3. The van der Waals surface area contributed by atoms with E-state index in [4.69, 9.17) is 0 Å². The Bertz CT molecular complexity index is 1290. The molecule has 2 aromatic carbocycles. The Kier molecular flexibility index (Phi) is 5.75. The van der Waals surface area contributed by atoms with Crippen molar-refractivity contribution in [2.45, 2.75) is 58.4 Å². The fraction of sp³-hybridized carbons (Fsp3) is 0.320. The molecule has 0 aliphatic carbocycles. The van der Waals surface area contributed by atoms with E-state index < -0.39 is 0 Å². The Balaban J connectivity index is 1.71. The number of benzene rings is 2. The molecule has 0 aliphatic heterocycles. The van der Waals surface area contributed by atoms with Gasteiger partial charge in [0.2, 0.25) is 5.91 Å². The molecule has 0 bridgehead atoms. The zero-order chi connectivity index (χ0) is 22.3. The van der Waals surface area contributed by atoms with Crippen molar-refractivity contribution >= 4 is 39.9 Å². The number of thioether (sulfide) groups is 1. The van der Waals surface area contributed by atoms with Crippen LogP contribution in [0.2, 0.25) is 0 Å². The molecule has 160 valence electrons. The van der Waals surface area contributed by atoms with Crippen LogP contribution >= 0.6 is 11.8 Å². The Labute approximate surface area is 187 Å². The first-order valence-corrected chi connectivity index (χ1v) is 11.5. The molecule has 6 heteroatoms. The van der Waals surface area contributed by atoms with Gasteiger partial charge in [0.25, 0.3) is 0 Å². The zero-order valence-electron chi connectivity index (χ0n) is 18.9. The predicted octanol–water partition coefficient (Wildman–Crippen LogP) is 5.93. The van der Waals surface area contributed by atoms with Gasteiger partial charge in [-0.1, -0.05) is 36.4 Å². The Morgan fingerprint density at radius 2 is 1.61 bits per heavy atom. The number of carbonyl (C=O) groups is 1. The highest BCUT2D eigenvalue weighted by atomic mass is 32.2. The standard InChI is InChI=1S/C25H28N4OS/c1-7-21(24(30)26-19-10-14(2)8-15(3)11-19)31-25-28-27-22-13-17(5)20-12-16(4)9-18(6)23(20)29(22)25/h8-13,21H,7H2,1-6H3,(H,26,30). The molecule has 1 N–H and O–H groups in total. The van der Waals surface area contributed by atoms with Crippen molar-refractivity contribution in [3.05, 3.63) is 64.2 Å². The van der Waals surface area contributed by atoms with Crippen molar-refractivity contribution in [3.63, 3.8) is 0 Å². The van der Waals surface area contributed by atoms with Gasteiger partial charge in [0.1, 0.15) is 0 Å². The van der Waals surface area contributed by atoms with Crippen molar-refractivity contribution in [2.75, 3.05) is 5.32 Å². The van der Waals surface area contributed by atoms with Gasteiger partial charge in [-0.05, 0) is 87.6 Å². The van der Waals surface area contributed by atoms with Gasteiger partial charge in [-0.15, -0.1) is 10.2 Å². The summed E-state index contributed by atoms with van der Waals surface area (Å²) in [6.07, 6.45) is 0.693. The smallest absolute Gasteiger partial charge is 0.237 e. The molecule has 4 rings (SSSR count). The second kappa shape index (κ2) is 8.35. The zero-order valence-corrected chi connectivity index (χ0v) is 19.7. The lowest BCUT2D eigenvalue weighted by molar-refractivity contribution is -0.115. The average molecular weight is 433 g/mol. The van der Waals surface area contributed by atoms with E-state index in [0.29, 0.717) is 6.42 Å². The number of hydrogen-bond acceptors (Lipinski definition) is 4. The molecule has 0 saturated carbocycles. The average Bonchev–Trinajstić information content (AvgIpc) is 3.07. The van der Waals surface area contributed by atoms with Crippen LogP contribution in [0.15, 0.2) is 41.6 Å². The predicted molar refractivity (Wildman–Crippen MR) is 129 cm³/mol. The van der Waals surface area contributed by atoms with Crippen LogP contribution in [0.3, 0.4) is 0 Å². The molecular weight excluding hydrogens is 404 g/mol. The molecule has 0 radical (unpaired) electrons. The van der Waals surface area contributed by atoms with E-state index in [-0.39, 0.29) is 11.2 Å². The minimum atomic E-state index is -0.268. The Hall–Kier alpha value is -2.86. The number of pyridine rings is 1. The highest BCUT2D eigenvalue weighted by Gasteiger charge is 2.22. The van der Waals surface area contributed by atoms with E-state index in [1.807, 2.05) is 32.9 Å². The van der Waals surface area contributed by atoms with E-state index in [0.717, 1.165) is 33.1 Å². The van der Waals surface area contributed by atoms with Gasteiger partial charge in [-0.2, -0.15) is 0 Å². The van der Waals surface area contributed by atoms with Crippen LogP contribution in [0.1, 0.15) is 41.2 Å². The number of anilines is 1. The van der Waals surface area contributed by atoms with Crippen LogP contribution in [0, 0.1) is 34.6 Å². The number of nitrogens with one attached hydrogen (secondary N) is 1. The van der Waals surface area contributed by atoms with Gasteiger partial charge in [0, 0.05) is 11.1 Å². The topological polar surface area (TPSA) is 59.3 Å². The summed E-state index contributed by atoms with van der Waals surface area (Å²) >= 11 is 1.47. The van der Waals surface area contributed by atoms with Crippen LogP contribution < -0.4 is 5.32 Å². The molecule has 0 aliphatic rings. The molecule has 1 atom stereocenters. The van der Waals surface area contributed by atoms with E-state index in [1.165, 1.54) is 33.8 Å². The van der Waals surface area contributed by atoms with E-state index in [9.17, 15) is 4.79 Å². The molecule has 0 saturated heterocycles. The van der Waals surface area contributed by atoms with Crippen molar-refractivity contribution in [1.29, 1.82) is 0 Å². The second-order valence-corrected chi connectivity index (χ2v) is 9.53. The van der Waals surface area contributed by atoms with Crippen molar-refractivity contribution < 1.29 is 4.79 Å². The summed E-state index contributed by atoms with van der Waals surface area (Å²) in [5.74, 6) is -0.0155. The number of amides is 1. The molecule has 1 unspecified atom stereocenters. The molecule has 0 fully saturated rings. The number of aromatic nitrogens is 3. The largest absolute Gasteiger partial charge is 0.325 e. The van der Waals surface area contributed by atoms with Gasteiger partial charge in [-0.3, -0.25) is 9.20 Å². The summed E-state index contributed by atoms with van der Waals surface area (Å²) in [4.78, 5) is 13.1. The lowest BCUT2D eigenvalue weighted by Crippen LogP contribution is -2.25. The summed E-state index contributed by atoms with van der Waals surface area (Å²) < 4.78 is 2.09. The summed E-state index contributed by atoms with van der Waals surface area (Å²) in [5, 5.41) is 13.6. The van der Waals surface area contributed by atoms with Gasteiger partial charge in [0.05, 0.1) is 10.8 Å². The van der Waals surface area contributed by atoms with Gasteiger partial charge < -0.3 is 5.32 Å². The fourth-order valence-electron chi connectivity index (χ4n) is 4.21. The van der Waals surface area contributed by atoms with E-state index >= 15 is 0 Å². The summed E-state index contributed by atoms with van der Waals surface area (Å²) in [6.45, 7) is 12.4. The van der Waals surface area contributed by atoms with Crippen LogP contribution in [0.25, 0.3) is 16.6 Å². The SMILES string of the molecule is CCC(Sc1nnc2cc(C)c3cc(C)cc(C)c3n12)C(=O)Nc1cc(C)cc(C)c1. The van der Waals surface area contributed by atoms with Crippen LogP contribution in [0.4, 0.5) is 5.69 Å². The highest BCUT2D eigenvalue weighted by Crippen LogP contribution is 2.31. The highest BCUT2D eigenvalue weighted by molar-refractivity contribution is 8.00. The maximum Gasteiger partial charge on any atom is 0.237 e. The summed E-state index contributed by atoms with van der Waals surface area (Å²) in [7, 11) is 0. The number of carbonyl (C=O) groups excluding carboxylic acids is 1. The van der Waals surface area contributed by atoms with Crippen molar-refractivity contribution in [3.8, 4) is 0 Å². The van der Waals surface area contributed by atoms with Crippen LogP contribution in [-0.2, 0) is 4.79 Å². The lowest BCUT2D eigenvalue weighted by atomic mass is 10.0. The molecule has 4 aromatic rings. The maximum atomic E-state index is 13.1. The third-order valence-corrected chi connectivity index (χ3v) is 6.80. The Morgan fingerprint density at radius 1 is 0.935 bits per heavy atom. The molecule has 2 heterocycles. The monoisotopic (exact) mass is 432 g/mol. The number of hydrogen-bond donors (Lipinski definition) is 1. The minimum Gasteiger partial charge on any atom is -0.325 e. The number of rotatable bonds is 5. The minimum absolute atomic E-state index is 0.0155. The molecular formula is C25H28N4OS. The molecule has 31 heavy (non-hydrogen) atoms. The molecule has 5 nitrogen and oxygen atoms in total. The number of fused-ring (bicyclic) bond motifs is 3. The van der Waals surface area contributed by atoms with Gasteiger partial charge in [0.15, 0.2) is 10.8 Å². The van der Waals surface area contributed by atoms with Gasteiger partial charge in [-0.25, -0.2) is 0 Å². The van der Waals surface area contributed by atoms with E-state index in [1.54, 1.807) is 0 Å².